The molecule has 0 aliphatic carbocycles. The van der Waals surface area contributed by atoms with Crippen LogP contribution in [0, 0.1) is 6.92 Å². The molecular weight excluding hydrogens is 276 g/mol. The molecule has 0 amide bonds. The van der Waals surface area contributed by atoms with E-state index < -0.39 is 10.0 Å². The summed E-state index contributed by atoms with van der Waals surface area (Å²) < 4.78 is 22.5. The van der Waals surface area contributed by atoms with Crippen LogP contribution in [0.1, 0.15) is 17.1 Å². The Balaban J connectivity index is 1.98. The van der Waals surface area contributed by atoms with E-state index in [-0.39, 0.29) is 4.90 Å². The van der Waals surface area contributed by atoms with Crippen LogP contribution in [0.15, 0.2) is 41.4 Å². The number of aryl methyl sites for hydroxylation is 1. The molecule has 20 heavy (non-hydrogen) atoms. The van der Waals surface area contributed by atoms with Gasteiger partial charge in [-0.1, -0.05) is 12.1 Å². The number of aromatic nitrogens is 2. The predicted octanol–water partition coefficient (Wildman–Crippen LogP) is 0.722. The Morgan fingerprint density at radius 1 is 1.25 bits per heavy atom. The number of nitrogens with two attached hydrogens (primary N) is 1. The number of rotatable bonds is 5. The van der Waals surface area contributed by atoms with Gasteiger partial charge >= 0.3 is 0 Å². The van der Waals surface area contributed by atoms with Crippen LogP contribution in [0.4, 0.5) is 0 Å². The number of benzene rings is 1. The molecular formula is C13H16N4O2S. The maximum Gasteiger partial charge on any atom is 0.238 e. The van der Waals surface area contributed by atoms with Crippen LogP contribution in [0.3, 0.4) is 0 Å². The summed E-state index contributed by atoms with van der Waals surface area (Å²) in [5.74, 6) is 0.723. The molecule has 0 aliphatic heterocycles. The third-order valence-electron chi connectivity index (χ3n) is 2.70. The monoisotopic (exact) mass is 292 g/mol. The molecule has 0 unspecified atom stereocenters. The van der Waals surface area contributed by atoms with Gasteiger partial charge in [0.05, 0.1) is 10.6 Å². The maximum atomic E-state index is 11.3. The fourth-order valence-electron chi connectivity index (χ4n) is 1.77. The lowest BCUT2D eigenvalue weighted by molar-refractivity contribution is 0.597. The number of hydrogen-bond donors (Lipinski definition) is 2. The zero-order chi connectivity index (χ0) is 14.6. The molecule has 7 heteroatoms. The van der Waals surface area contributed by atoms with Crippen LogP contribution in [0.5, 0.6) is 0 Å². The summed E-state index contributed by atoms with van der Waals surface area (Å²) in [4.78, 5) is 8.42. The second-order valence-corrected chi connectivity index (χ2v) is 5.95. The third-order valence-corrected chi connectivity index (χ3v) is 3.61. The molecule has 0 atom stereocenters. The molecule has 2 aromatic rings. The number of nitrogens with zero attached hydrogens (tertiary/aromatic N) is 2. The molecule has 0 fully saturated rings. The van der Waals surface area contributed by atoms with Crippen molar-refractivity contribution in [2.75, 3.05) is 0 Å². The molecule has 106 valence electrons. The van der Waals surface area contributed by atoms with Gasteiger partial charge < -0.3 is 5.32 Å². The fraction of sp³-hybridized carbons (Fsp3) is 0.231. The molecule has 0 aliphatic rings. The highest BCUT2D eigenvalue weighted by molar-refractivity contribution is 7.89. The second-order valence-electron chi connectivity index (χ2n) is 4.39. The number of sulfonamides is 1. The van der Waals surface area contributed by atoms with E-state index in [0.717, 1.165) is 17.1 Å². The minimum Gasteiger partial charge on any atom is -0.307 e. The van der Waals surface area contributed by atoms with Crippen molar-refractivity contribution in [1.29, 1.82) is 0 Å². The second kappa shape index (κ2) is 6.08. The van der Waals surface area contributed by atoms with Gasteiger partial charge in [-0.3, -0.25) is 0 Å². The molecule has 1 heterocycles. The molecule has 6 nitrogen and oxygen atoms in total. The highest BCUT2D eigenvalue weighted by atomic mass is 32.2. The highest BCUT2D eigenvalue weighted by Gasteiger charge is 2.07. The van der Waals surface area contributed by atoms with Crippen molar-refractivity contribution in [3.63, 3.8) is 0 Å². The SMILES string of the molecule is Cc1nccc(CNCc2cccc(S(N)(=O)=O)c2)n1. The van der Waals surface area contributed by atoms with Crippen molar-refractivity contribution >= 4 is 10.0 Å². The van der Waals surface area contributed by atoms with Gasteiger partial charge in [-0.05, 0) is 30.7 Å². The Hall–Kier alpha value is -1.83. The third kappa shape index (κ3) is 4.09. The molecule has 0 bridgehead atoms. The summed E-state index contributed by atoms with van der Waals surface area (Å²) in [5.41, 5.74) is 1.74. The minimum absolute atomic E-state index is 0.120. The van der Waals surface area contributed by atoms with E-state index in [1.807, 2.05) is 19.1 Å². The van der Waals surface area contributed by atoms with Crippen molar-refractivity contribution in [2.45, 2.75) is 24.9 Å². The summed E-state index contributed by atoms with van der Waals surface area (Å²) >= 11 is 0. The molecule has 0 spiro atoms. The van der Waals surface area contributed by atoms with E-state index in [2.05, 4.69) is 15.3 Å². The molecule has 0 radical (unpaired) electrons. The van der Waals surface area contributed by atoms with E-state index in [4.69, 9.17) is 5.14 Å². The van der Waals surface area contributed by atoms with E-state index in [9.17, 15) is 8.42 Å². The van der Waals surface area contributed by atoms with Gasteiger partial charge in [0.1, 0.15) is 5.82 Å². The Bertz CT molecular complexity index is 701. The number of hydrogen-bond acceptors (Lipinski definition) is 5. The average molecular weight is 292 g/mol. The van der Waals surface area contributed by atoms with Gasteiger partial charge in [-0.2, -0.15) is 0 Å². The van der Waals surface area contributed by atoms with Gasteiger partial charge in [0.25, 0.3) is 0 Å². The van der Waals surface area contributed by atoms with Crippen LogP contribution < -0.4 is 10.5 Å². The molecule has 2 rings (SSSR count). The summed E-state index contributed by atoms with van der Waals surface area (Å²) in [7, 11) is -3.66. The Morgan fingerprint density at radius 2 is 2.05 bits per heavy atom. The summed E-state index contributed by atoms with van der Waals surface area (Å²) in [6.07, 6.45) is 1.71. The smallest absolute Gasteiger partial charge is 0.238 e. The Labute approximate surface area is 118 Å². The minimum atomic E-state index is -3.66. The van der Waals surface area contributed by atoms with Crippen molar-refractivity contribution in [1.82, 2.24) is 15.3 Å². The number of nitrogens with one attached hydrogen (secondary N) is 1. The van der Waals surface area contributed by atoms with Crippen molar-refractivity contribution < 1.29 is 8.42 Å². The lowest BCUT2D eigenvalue weighted by atomic mass is 10.2. The topological polar surface area (TPSA) is 98.0 Å². The van der Waals surface area contributed by atoms with E-state index in [0.29, 0.717) is 13.1 Å². The van der Waals surface area contributed by atoms with Crippen LogP contribution in [0.25, 0.3) is 0 Å². The highest BCUT2D eigenvalue weighted by Crippen LogP contribution is 2.09. The zero-order valence-corrected chi connectivity index (χ0v) is 11.9. The van der Waals surface area contributed by atoms with Crippen molar-refractivity contribution in [3.05, 3.63) is 53.6 Å². The molecule has 0 saturated carbocycles. The maximum absolute atomic E-state index is 11.3. The van der Waals surface area contributed by atoms with Crippen LogP contribution in [-0.4, -0.2) is 18.4 Å². The first-order valence-electron chi connectivity index (χ1n) is 6.06. The first-order valence-corrected chi connectivity index (χ1v) is 7.61. The van der Waals surface area contributed by atoms with Crippen LogP contribution >= 0.6 is 0 Å². The largest absolute Gasteiger partial charge is 0.307 e. The van der Waals surface area contributed by atoms with Gasteiger partial charge in [0.2, 0.25) is 10.0 Å². The van der Waals surface area contributed by atoms with Crippen molar-refractivity contribution in [2.24, 2.45) is 5.14 Å². The Kier molecular flexibility index (Phi) is 4.43. The lowest BCUT2D eigenvalue weighted by Gasteiger charge is -2.06. The van der Waals surface area contributed by atoms with E-state index in [1.165, 1.54) is 6.07 Å². The lowest BCUT2D eigenvalue weighted by Crippen LogP contribution is -2.16. The molecule has 1 aromatic carbocycles. The molecule has 0 saturated heterocycles. The summed E-state index contributed by atoms with van der Waals surface area (Å²) in [6.45, 7) is 2.95. The predicted molar refractivity (Wildman–Crippen MR) is 75.1 cm³/mol. The van der Waals surface area contributed by atoms with Crippen LogP contribution in [-0.2, 0) is 23.1 Å². The first kappa shape index (κ1) is 14.6. The first-order chi connectivity index (χ1) is 9.45. The standard InChI is InChI=1S/C13H16N4O2S/c1-10-16-6-5-12(17-10)9-15-8-11-3-2-4-13(7-11)20(14,18)19/h2-7,15H,8-9H2,1H3,(H2,14,18,19). The van der Waals surface area contributed by atoms with E-state index >= 15 is 0 Å². The fourth-order valence-corrected chi connectivity index (χ4v) is 2.35. The summed E-state index contributed by atoms with van der Waals surface area (Å²) in [6, 6.07) is 8.39. The van der Waals surface area contributed by atoms with Gasteiger partial charge in [0.15, 0.2) is 0 Å². The normalized spacial score (nSPS) is 11.5. The van der Waals surface area contributed by atoms with Gasteiger partial charge in [-0.15, -0.1) is 0 Å². The van der Waals surface area contributed by atoms with Crippen LogP contribution in [0.2, 0.25) is 0 Å². The quantitative estimate of drug-likeness (QED) is 0.846. The average Bonchev–Trinajstić information content (AvgIpc) is 2.38. The molecule has 3 N–H and O–H groups in total. The zero-order valence-electron chi connectivity index (χ0n) is 11.1. The van der Waals surface area contributed by atoms with E-state index in [1.54, 1.807) is 18.3 Å². The van der Waals surface area contributed by atoms with Gasteiger partial charge in [-0.25, -0.2) is 23.5 Å². The summed E-state index contributed by atoms with van der Waals surface area (Å²) in [5, 5.41) is 8.29. The number of primary sulfonamides is 1. The van der Waals surface area contributed by atoms with Gasteiger partial charge in [0, 0.05) is 19.3 Å². The molecule has 1 aromatic heterocycles. The van der Waals surface area contributed by atoms with Crippen molar-refractivity contribution in [3.8, 4) is 0 Å². The Morgan fingerprint density at radius 3 is 2.75 bits per heavy atom.